The summed E-state index contributed by atoms with van der Waals surface area (Å²) in [5.41, 5.74) is 4.70. The Bertz CT molecular complexity index is 1170. The highest BCUT2D eigenvalue weighted by atomic mass is 35.5. The maximum atomic E-state index is 13.4. The summed E-state index contributed by atoms with van der Waals surface area (Å²) in [7, 11) is 0. The number of halogens is 1. The van der Waals surface area contributed by atoms with E-state index >= 15 is 0 Å². The molecular weight excluding hydrogens is 404 g/mol. The van der Waals surface area contributed by atoms with E-state index in [1.807, 2.05) is 68.6 Å². The van der Waals surface area contributed by atoms with E-state index in [0.29, 0.717) is 22.0 Å². The Labute approximate surface area is 178 Å². The molecule has 29 heavy (non-hydrogen) atoms. The van der Waals surface area contributed by atoms with Crippen LogP contribution in [0.4, 0.5) is 11.4 Å². The average Bonchev–Trinajstić information content (AvgIpc) is 3.27. The van der Waals surface area contributed by atoms with Gasteiger partial charge in [0.2, 0.25) is 0 Å². The molecule has 2 aromatic carbocycles. The predicted molar refractivity (Wildman–Crippen MR) is 119 cm³/mol. The van der Waals surface area contributed by atoms with Crippen molar-refractivity contribution in [3.63, 3.8) is 0 Å². The Hall–Kier alpha value is -2.89. The van der Waals surface area contributed by atoms with Crippen LogP contribution in [-0.2, 0) is 9.59 Å². The summed E-state index contributed by atoms with van der Waals surface area (Å²) < 4.78 is 0. The second-order valence-electron chi connectivity index (χ2n) is 7.00. The third kappa shape index (κ3) is 3.37. The van der Waals surface area contributed by atoms with Crippen LogP contribution < -0.4 is 10.2 Å². The van der Waals surface area contributed by atoms with Crippen molar-refractivity contribution in [3.8, 4) is 0 Å². The van der Waals surface area contributed by atoms with Crippen molar-refractivity contribution in [1.82, 2.24) is 0 Å². The fraction of sp³-hybridized carbons (Fsp3) is 0.130. The van der Waals surface area contributed by atoms with E-state index in [9.17, 15) is 9.59 Å². The third-order valence-electron chi connectivity index (χ3n) is 4.97. The molecule has 0 bridgehead atoms. The van der Waals surface area contributed by atoms with Crippen LogP contribution in [-0.4, -0.2) is 11.8 Å². The summed E-state index contributed by atoms with van der Waals surface area (Å²) in [4.78, 5) is 28.8. The first kappa shape index (κ1) is 19.4. The Balaban J connectivity index is 1.84. The van der Waals surface area contributed by atoms with Gasteiger partial charge < -0.3 is 5.32 Å². The van der Waals surface area contributed by atoms with E-state index in [2.05, 4.69) is 5.32 Å². The smallest absolute Gasteiger partial charge is 0.282 e. The first-order valence-corrected chi connectivity index (χ1v) is 10.4. The molecule has 0 saturated heterocycles. The number of hydrogen-bond acceptors (Lipinski definition) is 4. The van der Waals surface area contributed by atoms with Gasteiger partial charge in [-0.05, 0) is 61.5 Å². The van der Waals surface area contributed by atoms with Crippen molar-refractivity contribution in [3.05, 3.63) is 86.2 Å². The quantitative estimate of drug-likeness (QED) is 0.547. The Kier molecular flexibility index (Phi) is 5.03. The summed E-state index contributed by atoms with van der Waals surface area (Å²) in [5.74, 6) is -0.698. The summed E-state index contributed by atoms with van der Waals surface area (Å²) in [6.07, 6.45) is 0. The first-order valence-electron chi connectivity index (χ1n) is 9.15. The van der Waals surface area contributed by atoms with Gasteiger partial charge in [-0.3, -0.25) is 9.59 Å². The van der Waals surface area contributed by atoms with Crippen LogP contribution in [0, 0.1) is 20.8 Å². The molecule has 1 aliphatic heterocycles. The highest BCUT2D eigenvalue weighted by Gasteiger charge is 2.41. The average molecular weight is 423 g/mol. The number of aryl methyl sites for hydroxylation is 2. The van der Waals surface area contributed by atoms with Gasteiger partial charge in [0, 0.05) is 15.6 Å². The molecule has 1 aliphatic rings. The number of imide groups is 1. The number of carbonyl (C=O) groups is 2. The molecule has 1 aromatic heterocycles. The normalized spacial score (nSPS) is 14.1. The van der Waals surface area contributed by atoms with E-state index < -0.39 is 0 Å². The van der Waals surface area contributed by atoms with Crippen LogP contribution in [0.15, 0.2) is 59.6 Å². The number of hydrogen-bond donors (Lipinski definition) is 1. The molecule has 0 fully saturated rings. The second kappa shape index (κ2) is 7.50. The topological polar surface area (TPSA) is 49.4 Å². The molecule has 3 aromatic rings. The van der Waals surface area contributed by atoms with Crippen LogP contribution in [0.3, 0.4) is 0 Å². The number of thiophene rings is 1. The number of amides is 2. The Morgan fingerprint density at radius 1 is 0.966 bits per heavy atom. The highest BCUT2D eigenvalue weighted by Crippen LogP contribution is 2.37. The van der Waals surface area contributed by atoms with Crippen molar-refractivity contribution in [2.24, 2.45) is 0 Å². The van der Waals surface area contributed by atoms with Crippen molar-refractivity contribution >= 4 is 51.7 Å². The molecule has 1 N–H and O–H groups in total. The van der Waals surface area contributed by atoms with Crippen LogP contribution in [0.5, 0.6) is 0 Å². The lowest BCUT2D eigenvalue weighted by Gasteiger charge is -2.18. The van der Waals surface area contributed by atoms with Crippen molar-refractivity contribution in [1.29, 1.82) is 0 Å². The van der Waals surface area contributed by atoms with E-state index in [-0.39, 0.29) is 17.5 Å². The molecule has 0 saturated carbocycles. The first-order chi connectivity index (χ1) is 13.9. The lowest BCUT2D eigenvalue weighted by atomic mass is 10.1. The molecule has 4 rings (SSSR count). The van der Waals surface area contributed by atoms with Crippen LogP contribution in [0.2, 0.25) is 5.02 Å². The number of anilines is 2. The van der Waals surface area contributed by atoms with E-state index in [1.54, 1.807) is 6.07 Å². The number of nitrogens with one attached hydrogen (secondary N) is 1. The summed E-state index contributed by atoms with van der Waals surface area (Å²) in [6, 6.07) is 14.9. The standard InChI is InChI=1S/C23H19ClN2O2S/c1-13-9-10-18(14(2)12-13)26-22(27)20(19-8-5-11-29-19)21(23(26)28)25-17-7-4-6-16(24)15(17)3/h4-12,25H,1-3H3. The van der Waals surface area contributed by atoms with Gasteiger partial charge in [-0.2, -0.15) is 0 Å². The molecule has 2 amide bonds. The van der Waals surface area contributed by atoms with Gasteiger partial charge in [0.1, 0.15) is 5.70 Å². The van der Waals surface area contributed by atoms with Gasteiger partial charge in [-0.15, -0.1) is 11.3 Å². The molecule has 146 valence electrons. The minimum absolute atomic E-state index is 0.266. The minimum atomic E-state index is -0.371. The van der Waals surface area contributed by atoms with Crippen molar-refractivity contribution < 1.29 is 9.59 Å². The van der Waals surface area contributed by atoms with Gasteiger partial charge in [-0.1, -0.05) is 41.4 Å². The molecule has 2 heterocycles. The largest absolute Gasteiger partial charge is 0.350 e. The number of rotatable bonds is 4. The van der Waals surface area contributed by atoms with E-state index in [0.717, 1.165) is 21.6 Å². The van der Waals surface area contributed by atoms with Gasteiger partial charge >= 0.3 is 0 Å². The fourth-order valence-electron chi connectivity index (χ4n) is 3.45. The molecule has 4 nitrogen and oxygen atoms in total. The van der Waals surface area contributed by atoms with Crippen LogP contribution >= 0.6 is 22.9 Å². The molecule has 0 atom stereocenters. The predicted octanol–water partition coefficient (Wildman–Crippen LogP) is 5.72. The van der Waals surface area contributed by atoms with Crippen molar-refractivity contribution in [2.75, 3.05) is 10.2 Å². The summed E-state index contributed by atoms with van der Waals surface area (Å²) >= 11 is 7.67. The summed E-state index contributed by atoms with van der Waals surface area (Å²) in [5, 5.41) is 5.67. The maximum absolute atomic E-state index is 13.4. The van der Waals surface area contributed by atoms with Gasteiger partial charge in [0.15, 0.2) is 0 Å². The highest BCUT2D eigenvalue weighted by molar-refractivity contribution is 7.11. The number of benzene rings is 2. The zero-order valence-corrected chi connectivity index (χ0v) is 17.8. The number of carbonyl (C=O) groups excluding carboxylic acids is 2. The lowest BCUT2D eigenvalue weighted by Crippen LogP contribution is -2.33. The van der Waals surface area contributed by atoms with Gasteiger partial charge in [0.05, 0.1) is 11.3 Å². The minimum Gasteiger partial charge on any atom is -0.350 e. The van der Waals surface area contributed by atoms with Crippen LogP contribution in [0.25, 0.3) is 5.57 Å². The molecule has 0 radical (unpaired) electrons. The zero-order chi connectivity index (χ0) is 20.7. The zero-order valence-electron chi connectivity index (χ0n) is 16.2. The second-order valence-corrected chi connectivity index (χ2v) is 8.36. The lowest BCUT2D eigenvalue weighted by molar-refractivity contribution is -0.120. The van der Waals surface area contributed by atoms with Crippen LogP contribution in [0.1, 0.15) is 21.6 Å². The SMILES string of the molecule is Cc1ccc(N2C(=O)C(Nc3cccc(Cl)c3C)=C(c3cccs3)C2=O)c(C)c1. The molecule has 0 unspecified atom stereocenters. The number of nitrogens with zero attached hydrogens (tertiary/aromatic N) is 1. The van der Waals surface area contributed by atoms with Gasteiger partial charge in [0.25, 0.3) is 11.8 Å². The monoisotopic (exact) mass is 422 g/mol. The maximum Gasteiger partial charge on any atom is 0.282 e. The molecule has 6 heteroatoms. The van der Waals surface area contributed by atoms with E-state index in [4.69, 9.17) is 11.6 Å². The third-order valence-corrected chi connectivity index (χ3v) is 6.27. The van der Waals surface area contributed by atoms with E-state index in [1.165, 1.54) is 16.2 Å². The Morgan fingerprint density at radius 2 is 1.76 bits per heavy atom. The summed E-state index contributed by atoms with van der Waals surface area (Å²) in [6.45, 7) is 5.76. The molecular formula is C23H19ClN2O2S. The fourth-order valence-corrected chi connectivity index (χ4v) is 4.39. The molecule has 0 aliphatic carbocycles. The molecule has 0 spiro atoms. The van der Waals surface area contributed by atoms with Crippen molar-refractivity contribution in [2.45, 2.75) is 20.8 Å². The van der Waals surface area contributed by atoms with Gasteiger partial charge in [-0.25, -0.2) is 4.90 Å². The Morgan fingerprint density at radius 3 is 2.45 bits per heavy atom.